The number of nitrogens with one attached hydrogen (secondary N) is 1. The highest BCUT2D eigenvalue weighted by Crippen LogP contribution is 2.45. The predicted octanol–water partition coefficient (Wildman–Crippen LogP) is 2.50. The summed E-state index contributed by atoms with van der Waals surface area (Å²) in [5.74, 6) is 0.368. The molecule has 0 aliphatic heterocycles. The van der Waals surface area contributed by atoms with E-state index in [-0.39, 0.29) is 12.8 Å². The topological polar surface area (TPSA) is 59.9 Å². The van der Waals surface area contributed by atoms with Crippen molar-refractivity contribution in [3.8, 4) is 5.88 Å². The molecule has 116 valence electrons. The van der Waals surface area contributed by atoms with Gasteiger partial charge in [-0.05, 0) is 25.0 Å². The fourth-order valence-corrected chi connectivity index (χ4v) is 2.77. The second kappa shape index (κ2) is 5.82. The van der Waals surface area contributed by atoms with E-state index in [9.17, 15) is 8.78 Å². The first-order valence-corrected chi connectivity index (χ1v) is 6.99. The summed E-state index contributed by atoms with van der Waals surface area (Å²) in [6.07, 6.45) is 2.61. The molecule has 0 atom stereocenters. The second-order valence-electron chi connectivity index (χ2n) is 5.40. The van der Waals surface area contributed by atoms with E-state index < -0.39 is 17.4 Å². The van der Waals surface area contributed by atoms with E-state index in [0.29, 0.717) is 24.1 Å². The van der Waals surface area contributed by atoms with Crippen LogP contribution in [0.15, 0.2) is 30.6 Å². The number of rotatable bonds is 5. The van der Waals surface area contributed by atoms with Crippen molar-refractivity contribution >= 4 is 5.95 Å². The molecular weight excluding hydrogens is 290 g/mol. The summed E-state index contributed by atoms with van der Waals surface area (Å²) in [7, 11) is 1.51. The van der Waals surface area contributed by atoms with E-state index in [2.05, 4.69) is 20.3 Å². The van der Waals surface area contributed by atoms with Crippen molar-refractivity contribution in [1.29, 1.82) is 0 Å². The summed E-state index contributed by atoms with van der Waals surface area (Å²) >= 11 is 0. The van der Waals surface area contributed by atoms with Crippen LogP contribution >= 0.6 is 0 Å². The van der Waals surface area contributed by atoms with Crippen molar-refractivity contribution in [3.05, 3.63) is 42.1 Å². The van der Waals surface area contributed by atoms with Crippen molar-refractivity contribution in [2.24, 2.45) is 0 Å². The van der Waals surface area contributed by atoms with Gasteiger partial charge in [0.15, 0.2) is 0 Å². The number of anilines is 1. The van der Waals surface area contributed by atoms with Gasteiger partial charge in [0.25, 0.3) is 0 Å². The monoisotopic (exact) mass is 306 g/mol. The average molecular weight is 306 g/mol. The van der Waals surface area contributed by atoms with Gasteiger partial charge in [0.1, 0.15) is 12.0 Å². The number of nitrogens with zero attached hydrogens (tertiary/aromatic N) is 3. The van der Waals surface area contributed by atoms with Crippen LogP contribution in [0.4, 0.5) is 14.7 Å². The first kappa shape index (κ1) is 14.6. The third kappa shape index (κ3) is 2.70. The molecule has 1 aliphatic rings. The Bertz CT molecular complexity index is 661. The molecular formula is C15H16F2N4O. The molecule has 0 amide bonds. The molecule has 2 aromatic rings. The number of aromatic nitrogens is 3. The highest BCUT2D eigenvalue weighted by Gasteiger charge is 2.48. The van der Waals surface area contributed by atoms with Crippen LogP contribution in [0, 0.1) is 5.82 Å². The quantitative estimate of drug-likeness (QED) is 0.919. The summed E-state index contributed by atoms with van der Waals surface area (Å²) < 4.78 is 32.5. The molecule has 1 N–H and O–H groups in total. The highest BCUT2D eigenvalue weighted by molar-refractivity contribution is 5.33. The van der Waals surface area contributed by atoms with E-state index in [1.54, 1.807) is 12.3 Å². The number of methoxy groups -OCH3 is 1. The second-order valence-corrected chi connectivity index (χ2v) is 5.40. The molecule has 3 rings (SSSR count). The van der Waals surface area contributed by atoms with Gasteiger partial charge in [-0.1, -0.05) is 0 Å². The van der Waals surface area contributed by atoms with Crippen LogP contribution in [0.5, 0.6) is 5.88 Å². The fraction of sp³-hybridized carbons (Fsp3) is 0.400. The third-order valence-electron chi connectivity index (χ3n) is 3.91. The molecule has 0 spiro atoms. The maximum absolute atomic E-state index is 14.0. The minimum absolute atomic E-state index is 0.234. The first-order valence-electron chi connectivity index (χ1n) is 6.99. The minimum atomic E-state index is -0.936. The molecule has 22 heavy (non-hydrogen) atoms. The first-order chi connectivity index (χ1) is 10.6. The van der Waals surface area contributed by atoms with Gasteiger partial charge in [-0.3, -0.25) is 4.98 Å². The number of ether oxygens (including phenoxy) is 1. The Hall–Kier alpha value is -2.31. The Balaban J connectivity index is 1.79. The number of pyridine rings is 1. The van der Waals surface area contributed by atoms with E-state index in [0.717, 1.165) is 0 Å². The molecule has 1 fully saturated rings. The van der Waals surface area contributed by atoms with Crippen LogP contribution in [0.1, 0.15) is 18.5 Å². The number of hydrogen-bond donors (Lipinski definition) is 1. The van der Waals surface area contributed by atoms with Crippen molar-refractivity contribution < 1.29 is 13.5 Å². The molecule has 1 saturated carbocycles. The van der Waals surface area contributed by atoms with Crippen molar-refractivity contribution in [1.82, 2.24) is 15.0 Å². The molecule has 0 saturated heterocycles. The van der Waals surface area contributed by atoms with Crippen LogP contribution < -0.4 is 10.1 Å². The van der Waals surface area contributed by atoms with Gasteiger partial charge in [0, 0.05) is 30.4 Å². The lowest BCUT2D eigenvalue weighted by atomic mass is 9.65. The van der Waals surface area contributed by atoms with Crippen LogP contribution in [0.25, 0.3) is 0 Å². The third-order valence-corrected chi connectivity index (χ3v) is 3.91. The average Bonchev–Trinajstić information content (AvgIpc) is 2.51. The van der Waals surface area contributed by atoms with Crippen molar-refractivity contribution in [3.63, 3.8) is 0 Å². The summed E-state index contributed by atoms with van der Waals surface area (Å²) in [5, 5.41) is 3.03. The molecule has 2 aromatic heterocycles. The van der Waals surface area contributed by atoms with E-state index in [1.165, 1.54) is 25.4 Å². The molecule has 1 aliphatic carbocycles. The van der Waals surface area contributed by atoms with Gasteiger partial charge in [-0.15, -0.1) is 0 Å². The van der Waals surface area contributed by atoms with Crippen molar-refractivity contribution in [2.45, 2.75) is 24.4 Å². The minimum Gasteiger partial charge on any atom is -0.481 e. The largest absolute Gasteiger partial charge is 0.481 e. The van der Waals surface area contributed by atoms with Gasteiger partial charge in [0.2, 0.25) is 11.8 Å². The normalized spacial score (nSPS) is 23.7. The molecule has 2 heterocycles. The summed E-state index contributed by atoms with van der Waals surface area (Å²) in [6, 6.07) is 4.49. The number of hydrogen-bond acceptors (Lipinski definition) is 5. The maximum atomic E-state index is 14.0. The Labute approximate surface area is 126 Å². The van der Waals surface area contributed by atoms with Gasteiger partial charge in [0.05, 0.1) is 12.8 Å². The Morgan fingerprint density at radius 3 is 2.82 bits per heavy atom. The van der Waals surface area contributed by atoms with Gasteiger partial charge < -0.3 is 10.1 Å². The van der Waals surface area contributed by atoms with Crippen LogP contribution in [0.2, 0.25) is 0 Å². The van der Waals surface area contributed by atoms with Gasteiger partial charge in [-0.25, -0.2) is 13.8 Å². The zero-order valence-electron chi connectivity index (χ0n) is 12.1. The molecule has 5 nitrogen and oxygen atoms in total. The van der Waals surface area contributed by atoms with E-state index in [4.69, 9.17) is 4.74 Å². The number of halogens is 2. The zero-order valence-corrected chi connectivity index (χ0v) is 12.1. The Morgan fingerprint density at radius 2 is 2.14 bits per heavy atom. The summed E-state index contributed by atoms with van der Waals surface area (Å²) in [5.41, 5.74) is -0.378. The van der Waals surface area contributed by atoms with Crippen LogP contribution in [-0.4, -0.2) is 34.8 Å². The van der Waals surface area contributed by atoms with Crippen LogP contribution in [-0.2, 0) is 5.41 Å². The SMILES string of the molecule is COc1ccnc(NCC2(c3ncccc3F)CC(F)C2)n1. The molecule has 0 bridgehead atoms. The molecule has 7 heteroatoms. The number of alkyl halides is 1. The van der Waals surface area contributed by atoms with Gasteiger partial charge in [-0.2, -0.15) is 4.98 Å². The predicted molar refractivity (Wildman–Crippen MR) is 77.1 cm³/mol. The summed E-state index contributed by atoms with van der Waals surface area (Å²) in [6.45, 7) is 0.314. The smallest absolute Gasteiger partial charge is 0.225 e. The highest BCUT2D eigenvalue weighted by atomic mass is 19.1. The zero-order chi connectivity index (χ0) is 15.6. The van der Waals surface area contributed by atoms with Gasteiger partial charge >= 0.3 is 0 Å². The van der Waals surface area contributed by atoms with Crippen molar-refractivity contribution in [2.75, 3.05) is 19.0 Å². The lowest BCUT2D eigenvalue weighted by Crippen LogP contribution is -2.49. The summed E-state index contributed by atoms with van der Waals surface area (Å²) in [4.78, 5) is 12.3. The molecule has 0 unspecified atom stereocenters. The lowest BCUT2D eigenvalue weighted by molar-refractivity contribution is 0.0963. The van der Waals surface area contributed by atoms with E-state index in [1.807, 2.05) is 0 Å². The van der Waals surface area contributed by atoms with Crippen LogP contribution in [0.3, 0.4) is 0 Å². The fourth-order valence-electron chi connectivity index (χ4n) is 2.77. The maximum Gasteiger partial charge on any atom is 0.225 e. The Morgan fingerprint density at radius 1 is 1.32 bits per heavy atom. The van der Waals surface area contributed by atoms with E-state index >= 15 is 0 Å². The molecule has 0 aromatic carbocycles. The molecule has 0 radical (unpaired) electrons. The standard InChI is InChI=1S/C15H16F2N4O/c1-22-12-4-6-19-14(21-12)20-9-15(7-10(16)8-15)13-11(17)3-2-5-18-13/h2-6,10H,7-9H2,1H3,(H,19,20,21). The Kier molecular flexibility index (Phi) is 3.87. The lowest BCUT2D eigenvalue weighted by Gasteiger charge is -2.43.